The van der Waals surface area contributed by atoms with Crippen LogP contribution in [0.2, 0.25) is 0 Å². The summed E-state index contributed by atoms with van der Waals surface area (Å²) in [5.41, 5.74) is 0. The average molecular weight is 198 g/mol. The van der Waals surface area contributed by atoms with Gasteiger partial charge in [0.15, 0.2) is 0 Å². The summed E-state index contributed by atoms with van der Waals surface area (Å²) in [5, 5.41) is 0. The second-order valence-corrected chi connectivity index (χ2v) is 3.73. The monoisotopic (exact) mass is 198 g/mol. The Morgan fingerprint density at radius 1 is 1.36 bits per heavy atom. The summed E-state index contributed by atoms with van der Waals surface area (Å²) < 4.78 is 10.3. The van der Waals surface area contributed by atoms with Crippen molar-refractivity contribution in [3.63, 3.8) is 0 Å². The molecule has 0 aromatic carbocycles. The molecule has 14 heavy (non-hydrogen) atoms. The highest BCUT2D eigenvalue weighted by molar-refractivity contribution is 5.91. The summed E-state index contributed by atoms with van der Waals surface area (Å²) in [6.07, 6.45) is 0.944. The van der Waals surface area contributed by atoms with Crippen LogP contribution in [0.3, 0.4) is 0 Å². The van der Waals surface area contributed by atoms with Gasteiger partial charge in [0.2, 0.25) is 11.8 Å². The van der Waals surface area contributed by atoms with Gasteiger partial charge in [0.25, 0.3) is 0 Å². The number of nitrogens with zero attached hydrogens (tertiary/aromatic N) is 2. The van der Waals surface area contributed by atoms with E-state index in [1.807, 2.05) is 0 Å². The average Bonchev–Trinajstić information content (AvgIpc) is 2.16. The van der Waals surface area contributed by atoms with Gasteiger partial charge in [-0.3, -0.25) is 0 Å². The first-order chi connectivity index (χ1) is 6.67. The maximum absolute atomic E-state index is 5.18. The van der Waals surface area contributed by atoms with E-state index < -0.39 is 0 Å². The zero-order chi connectivity index (χ0) is 10.6. The van der Waals surface area contributed by atoms with E-state index in [2.05, 4.69) is 23.8 Å². The molecule has 1 aliphatic heterocycles. The van der Waals surface area contributed by atoms with Gasteiger partial charge < -0.3 is 9.47 Å². The summed E-state index contributed by atoms with van der Waals surface area (Å²) >= 11 is 0. The Kier molecular flexibility index (Phi) is 3.92. The fourth-order valence-corrected chi connectivity index (χ4v) is 1.44. The maximum Gasteiger partial charge on any atom is 0.209 e. The molecule has 0 radical (unpaired) electrons. The molecule has 0 unspecified atom stereocenters. The summed E-state index contributed by atoms with van der Waals surface area (Å²) in [7, 11) is 3.26. The van der Waals surface area contributed by atoms with E-state index in [9.17, 15) is 0 Å². The van der Waals surface area contributed by atoms with Crippen molar-refractivity contribution in [2.24, 2.45) is 15.9 Å². The molecule has 0 spiro atoms. The highest BCUT2D eigenvalue weighted by Gasteiger charge is 2.22. The van der Waals surface area contributed by atoms with E-state index in [1.165, 1.54) is 0 Å². The molecule has 1 atom stereocenters. The Morgan fingerprint density at radius 2 is 2.07 bits per heavy atom. The minimum atomic E-state index is 0.0312. The molecule has 0 bridgehead atoms. The van der Waals surface area contributed by atoms with E-state index in [-0.39, 0.29) is 6.04 Å². The maximum atomic E-state index is 5.18. The molecule has 0 saturated heterocycles. The zero-order valence-corrected chi connectivity index (χ0v) is 9.28. The van der Waals surface area contributed by atoms with Crippen LogP contribution in [0.5, 0.6) is 0 Å². The van der Waals surface area contributed by atoms with Gasteiger partial charge in [0.05, 0.1) is 14.2 Å². The van der Waals surface area contributed by atoms with Crippen LogP contribution in [0.15, 0.2) is 9.98 Å². The van der Waals surface area contributed by atoms with Crippen molar-refractivity contribution in [1.29, 1.82) is 0 Å². The van der Waals surface area contributed by atoms with Crippen molar-refractivity contribution in [1.82, 2.24) is 0 Å². The fourth-order valence-electron chi connectivity index (χ4n) is 1.44. The first kappa shape index (κ1) is 11.0. The standard InChI is InChI=1S/C10H18N2O2/c1-7(2)5-8-10(14-4)11-6-9(12-8)13-3/h7-8H,5-6H2,1-4H3/t8-/m0/s1. The molecular weight excluding hydrogens is 180 g/mol. The summed E-state index contributed by atoms with van der Waals surface area (Å²) in [6, 6.07) is 0.0312. The number of aliphatic imine (C=N–C) groups is 2. The molecule has 4 nitrogen and oxygen atoms in total. The van der Waals surface area contributed by atoms with Gasteiger partial charge in [-0.2, -0.15) is 0 Å². The third-order valence-corrected chi connectivity index (χ3v) is 2.09. The van der Waals surface area contributed by atoms with Crippen molar-refractivity contribution in [2.45, 2.75) is 26.3 Å². The lowest BCUT2D eigenvalue weighted by molar-refractivity contribution is 0.350. The summed E-state index contributed by atoms with van der Waals surface area (Å²) in [5.74, 6) is 1.98. The van der Waals surface area contributed by atoms with Gasteiger partial charge >= 0.3 is 0 Å². The van der Waals surface area contributed by atoms with Crippen LogP contribution < -0.4 is 0 Å². The molecule has 0 fully saturated rings. The Labute approximate surface area is 85.0 Å². The van der Waals surface area contributed by atoms with E-state index in [0.29, 0.717) is 18.4 Å². The number of hydrogen-bond donors (Lipinski definition) is 0. The highest BCUT2D eigenvalue weighted by Crippen LogP contribution is 2.14. The molecule has 0 aromatic heterocycles. The van der Waals surface area contributed by atoms with Gasteiger partial charge in [-0.1, -0.05) is 13.8 Å². The summed E-state index contributed by atoms with van der Waals surface area (Å²) in [4.78, 5) is 8.70. The molecule has 0 N–H and O–H groups in total. The molecule has 0 aromatic rings. The first-order valence-corrected chi connectivity index (χ1v) is 4.86. The minimum Gasteiger partial charge on any atom is -0.483 e. The predicted molar refractivity (Wildman–Crippen MR) is 57.0 cm³/mol. The Morgan fingerprint density at radius 3 is 2.57 bits per heavy atom. The van der Waals surface area contributed by atoms with Gasteiger partial charge in [-0.25, -0.2) is 9.98 Å². The normalized spacial score (nSPS) is 21.6. The smallest absolute Gasteiger partial charge is 0.209 e. The number of ether oxygens (including phenoxy) is 2. The molecule has 1 rings (SSSR count). The van der Waals surface area contributed by atoms with Crippen molar-refractivity contribution in [3.8, 4) is 0 Å². The third-order valence-electron chi connectivity index (χ3n) is 2.09. The zero-order valence-electron chi connectivity index (χ0n) is 9.28. The van der Waals surface area contributed by atoms with Gasteiger partial charge in [0.1, 0.15) is 12.6 Å². The van der Waals surface area contributed by atoms with E-state index in [0.717, 1.165) is 12.3 Å². The van der Waals surface area contributed by atoms with Crippen molar-refractivity contribution in [2.75, 3.05) is 20.8 Å². The van der Waals surface area contributed by atoms with Crippen LogP contribution in [0.25, 0.3) is 0 Å². The lowest BCUT2D eigenvalue weighted by Gasteiger charge is -2.20. The highest BCUT2D eigenvalue weighted by atomic mass is 16.5. The van der Waals surface area contributed by atoms with Crippen molar-refractivity contribution in [3.05, 3.63) is 0 Å². The van der Waals surface area contributed by atoms with Crippen LogP contribution in [-0.2, 0) is 9.47 Å². The van der Waals surface area contributed by atoms with Crippen molar-refractivity contribution < 1.29 is 9.47 Å². The lowest BCUT2D eigenvalue weighted by Crippen LogP contribution is -2.30. The van der Waals surface area contributed by atoms with Crippen LogP contribution >= 0.6 is 0 Å². The van der Waals surface area contributed by atoms with E-state index >= 15 is 0 Å². The second-order valence-electron chi connectivity index (χ2n) is 3.73. The molecule has 80 valence electrons. The Balaban J connectivity index is 2.69. The molecule has 1 heterocycles. The SMILES string of the molecule is COC1=N[C@@H](CC(C)C)C(OC)=NC1. The van der Waals surface area contributed by atoms with Crippen LogP contribution in [0, 0.1) is 5.92 Å². The van der Waals surface area contributed by atoms with Crippen LogP contribution in [0.4, 0.5) is 0 Å². The van der Waals surface area contributed by atoms with E-state index in [4.69, 9.17) is 9.47 Å². The first-order valence-electron chi connectivity index (χ1n) is 4.86. The van der Waals surface area contributed by atoms with Gasteiger partial charge in [-0.05, 0) is 12.3 Å². The Hall–Kier alpha value is -1.06. The molecule has 1 aliphatic rings. The third kappa shape index (κ3) is 2.72. The predicted octanol–water partition coefficient (Wildman–Crippen LogP) is 1.50. The quantitative estimate of drug-likeness (QED) is 0.675. The number of methoxy groups -OCH3 is 2. The lowest BCUT2D eigenvalue weighted by atomic mass is 10.0. The molecule has 4 heteroatoms. The second kappa shape index (κ2) is 4.98. The minimum absolute atomic E-state index is 0.0312. The largest absolute Gasteiger partial charge is 0.483 e. The van der Waals surface area contributed by atoms with Crippen LogP contribution in [-0.4, -0.2) is 38.6 Å². The number of hydrogen-bond acceptors (Lipinski definition) is 4. The van der Waals surface area contributed by atoms with Gasteiger partial charge in [0, 0.05) is 0 Å². The molecule has 0 aliphatic carbocycles. The van der Waals surface area contributed by atoms with Gasteiger partial charge in [-0.15, -0.1) is 0 Å². The Bertz CT molecular complexity index is 247. The van der Waals surface area contributed by atoms with Crippen molar-refractivity contribution >= 4 is 11.8 Å². The van der Waals surface area contributed by atoms with Crippen LogP contribution in [0.1, 0.15) is 20.3 Å². The molecule has 0 amide bonds. The topological polar surface area (TPSA) is 43.2 Å². The van der Waals surface area contributed by atoms with E-state index in [1.54, 1.807) is 14.2 Å². The molecular formula is C10H18N2O2. The number of rotatable bonds is 2. The summed E-state index contributed by atoms with van der Waals surface area (Å²) in [6.45, 7) is 4.81. The molecule has 0 saturated carbocycles. The fraction of sp³-hybridized carbons (Fsp3) is 0.800.